The highest BCUT2D eigenvalue weighted by Crippen LogP contribution is 2.29. The SMILES string of the molecule is COc1ccc(Br)cc1CC(N)c1ccc(I)c(Cl)c1. The van der Waals surface area contributed by atoms with E-state index in [0.717, 1.165) is 29.9 Å². The fraction of sp³-hybridized carbons (Fsp3) is 0.200. The van der Waals surface area contributed by atoms with E-state index in [0.29, 0.717) is 6.42 Å². The summed E-state index contributed by atoms with van der Waals surface area (Å²) >= 11 is 11.8. The Morgan fingerprint density at radius 2 is 2.05 bits per heavy atom. The molecule has 0 heterocycles. The van der Waals surface area contributed by atoms with Gasteiger partial charge in [-0.25, -0.2) is 0 Å². The highest BCUT2D eigenvalue weighted by atomic mass is 127. The van der Waals surface area contributed by atoms with Crippen molar-refractivity contribution < 1.29 is 4.74 Å². The summed E-state index contributed by atoms with van der Waals surface area (Å²) < 4.78 is 7.42. The maximum Gasteiger partial charge on any atom is 0.122 e. The average molecular weight is 467 g/mol. The Hall–Kier alpha value is -0.300. The lowest BCUT2D eigenvalue weighted by atomic mass is 9.99. The second-order valence-corrected chi connectivity index (χ2v) is 6.93. The molecule has 0 fully saturated rings. The summed E-state index contributed by atoms with van der Waals surface area (Å²) in [6.07, 6.45) is 0.694. The molecule has 2 aromatic rings. The van der Waals surface area contributed by atoms with Crippen molar-refractivity contribution in [1.82, 2.24) is 0 Å². The predicted molar refractivity (Wildman–Crippen MR) is 95.5 cm³/mol. The molecule has 0 aromatic heterocycles. The highest BCUT2D eigenvalue weighted by Gasteiger charge is 2.12. The second-order valence-electron chi connectivity index (χ2n) is 4.44. The summed E-state index contributed by atoms with van der Waals surface area (Å²) in [6, 6.07) is 11.7. The van der Waals surface area contributed by atoms with Crippen molar-refractivity contribution >= 4 is 50.1 Å². The van der Waals surface area contributed by atoms with Gasteiger partial charge in [-0.15, -0.1) is 0 Å². The minimum Gasteiger partial charge on any atom is -0.496 e. The summed E-state index contributed by atoms with van der Waals surface area (Å²) in [5, 5.41) is 0.736. The summed E-state index contributed by atoms with van der Waals surface area (Å²) in [5.74, 6) is 0.847. The van der Waals surface area contributed by atoms with Crippen LogP contribution in [0.1, 0.15) is 17.2 Å². The molecule has 1 unspecified atom stereocenters. The van der Waals surface area contributed by atoms with Gasteiger partial charge in [0.15, 0.2) is 0 Å². The fourth-order valence-corrected chi connectivity index (χ4v) is 2.94. The number of benzene rings is 2. The van der Waals surface area contributed by atoms with Crippen LogP contribution in [0.2, 0.25) is 5.02 Å². The number of hydrogen-bond acceptors (Lipinski definition) is 2. The molecule has 0 aliphatic heterocycles. The zero-order valence-corrected chi connectivity index (χ0v) is 15.4. The van der Waals surface area contributed by atoms with Crippen LogP contribution in [0, 0.1) is 3.57 Å². The van der Waals surface area contributed by atoms with Gasteiger partial charge in [0.2, 0.25) is 0 Å². The van der Waals surface area contributed by atoms with E-state index in [1.165, 1.54) is 0 Å². The van der Waals surface area contributed by atoms with Gasteiger partial charge < -0.3 is 10.5 Å². The normalized spacial score (nSPS) is 12.2. The van der Waals surface area contributed by atoms with Gasteiger partial charge in [-0.2, -0.15) is 0 Å². The maximum absolute atomic E-state index is 6.29. The van der Waals surface area contributed by atoms with Crippen molar-refractivity contribution in [1.29, 1.82) is 0 Å². The molecule has 1 atom stereocenters. The first kappa shape index (κ1) is 16.1. The molecule has 0 aliphatic rings. The van der Waals surface area contributed by atoms with E-state index in [1.54, 1.807) is 7.11 Å². The monoisotopic (exact) mass is 465 g/mol. The van der Waals surface area contributed by atoms with Crippen LogP contribution in [0.5, 0.6) is 5.75 Å². The summed E-state index contributed by atoms with van der Waals surface area (Å²) in [4.78, 5) is 0. The molecule has 0 amide bonds. The second kappa shape index (κ2) is 7.11. The molecular weight excluding hydrogens is 452 g/mol. The third-order valence-corrected chi connectivity index (χ3v) is 5.12. The molecule has 2 aromatic carbocycles. The summed E-state index contributed by atoms with van der Waals surface area (Å²) in [5.41, 5.74) is 8.39. The Morgan fingerprint density at radius 1 is 1.30 bits per heavy atom. The average Bonchev–Trinajstić information content (AvgIpc) is 2.42. The zero-order valence-electron chi connectivity index (χ0n) is 10.9. The van der Waals surface area contributed by atoms with Crippen LogP contribution >= 0.6 is 50.1 Å². The van der Waals surface area contributed by atoms with Crippen LogP contribution in [0.25, 0.3) is 0 Å². The van der Waals surface area contributed by atoms with Gasteiger partial charge in [0.25, 0.3) is 0 Å². The van der Waals surface area contributed by atoms with Crippen LogP contribution in [-0.2, 0) is 6.42 Å². The molecule has 106 valence electrons. The van der Waals surface area contributed by atoms with Crippen molar-refractivity contribution in [3.05, 3.63) is 60.6 Å². The van der Waals surface area contributed by atoms with Crippen molar-refractivity contribution in [3.8, 4) is 5.75 Å². The standard InChI is InChI=1S/C15H14BrClINO/c1-20-15-5-3-11(16)6-10(15)8-14(19)9-2-4-13(18)12(17)7-9/h2-7,14H,8,19H2,1H3. The zero-order chi connectivity index (χ0) is 14.7. The van der Waals surface area contributed by atoms with Gasteiger partial charge in [0.1, 0.15) is 5.75 Å². The molecule has 0 spiro atoms. The van der Waals surface area contributed by atoms with Crippen molar-refractivity contribution in [3.63, 3.8) is 0 Å². The number of ether oxygens (including phenoxy) is 1. The van der Waals surface area contributed by atoms with Gasteiger partial charge in [0.05, 0.1) is 12.1 Å². The predicted octanol–water partition coefficient (Wildman–Crippen LogP) is 4.96. The minimum absolute atomic E-state index is 0.118. The number of nitrogens with two attached hydrogens (primary N) is 1. The highest BCUT2D eigenvalue weighted by molar-refractivity contribution is 14.1. The van der Waals surface area contributed by atoms with Crippen LogP contribution in [0.4, 0.5) is 0 Å². The maximum atomic E-state index is 6.29. The number of methoxy groups -OCH3 is 1. The molecule has 20 heavy (non-hydrogen) atoms. The Labute approximate surface area is 145 Å². The first-order valence-electron chi connectivity index (χ1n) is 6.04. The van der Waals surface area contributed by atoms with Crippen molar-refractivity contribution in [2.75, 3.05) is 7.11 Å². The Balaban J connectivity index is 2.24. The molecule has 0 saturated carbocycles. The third kappa shape index (κ3) is 3.87. The van der Waals surface area contributed by atoms with E-state index in [4.69, 9.17) is 22.1 Å². The Kier molecular flexibility index (Phi) is 5.72. The minimum atomic E-state index is -0.118. The smallest absolute Gasteiger partial charge is 0.122 e. The van der Waals surface area contributed by atoms with Gasteiger partial charge in [0, 0.05) is 14.1 Å². The first-order valence-corrected chi connectivity index (χ1v) is 8.29. The van der Waals surface area contributed by atoms with E-state index >= 15 is 0 Å². The van der Waals surface area contributed by atoms with Crippen LogP contribution in [-0.4, -0.2) is 7.11 Å². The van der Waals surface area contributed by atoms with E-state index < -0.39 is 0 Å². The molecular formula is C15H14BrClINO. The fourth-order valence-electron chi connectivity index (χ4n) is 2.00. The molecule has 2 N–H and O–H groups in total. The third-order valence-electron chi connectivity index (χ3n) is 3.05. The first-order chi connectivity index (χ1) is 9.51. The van der Waals surface area contributed by atoms with Crippen LogP contribution in [0.3, 0.4) is 0 Å². The summed E-state index contributed by atoms with van der Waals surface area (Å²) in [6.45, 7) is 0. The number of halogens is 3. The van der Waals surface area contributed by atoms with Gasteiger partial charge >= 0.3 is 0 Å². The molecule has 2 nitrogen and oxygen atoms in total. The van der Waals surface area contributed by atoms with Crippen LogP contribution < -0.4 is 10.5 Å². The van der Waals surface area contributed by atoms with E-state index in [-0.39, 0.29) is 6.04 Å². The Bertz CT molecular complexity index is 621. The molecule has 5 heteroatoms. The lowest BCUT2D eigenvalue weighted by Crippen LogP contribution is -2.14. The molecule has 0 saturated heterocycles. The van der Waals surface area contributed by atoms with E-state index in [9.17, 15) is 0 Å². The lowest BCUT2D eigenvalue weighted by molar-refractivity contribution is 0.408. The summed E-state index contributed by atoms with van der Waals surface area (Å²) in [7, 11) is 1.67. The van der Waals surface area contributed by atoms with Gasteiger partial charge in [-0.3, -0.25) is 0 Å². The van der Waals surface area contributed by atoms with Crippen LogP contribution in [0.15, 0.2) is 40.9 Å². The molecule has 2 rings (SSSR count). The van der Waals surface area contributed by atoms with Crippen molar-refractivity contribution in [2.24, 2.45) is 5.73 Å². The topological polar surface area (TPSA) is 35.2 Å². The van der Waals surface area contributed by atoms with E-state index in [2.05, 4.69) is 38.5 Å². The largest absolute Gasteiger partial charge is 0.496 e. The quantitative estimate of drug-likeness (QED) is 0.647. The molecule has 0 radical (unpaired) electrons. The molecule has 0 bridgehead atoms. The lowest BCUT2D eigenvalue weighted by Gasteiger charge is -2.15. The Morgan fingerprint density at radius 3 is 2.70 bits per heavy atom. The van der Waals surface area contributed by atoms with E-state index in [1.807, 2.05) is 36.4 Å². The van der Waals surface area contributed by atoms with Gasteiger partial charge in [-0.1, -0.05) is 33.6 Å². The van der Waals surface area contributed by atoms with Crippen molar-refractivity contribution in [2.45, 2.75) is 12.5 Å². The molecule has 0 aliphatic carbocycles. The van der Waals surface area contributed by atoms with Gasteiger partial charge in [-0.05, 0) is 70.5 Å². The number of hydrogen-bond donors (Lipinski definition) is 1. The number of rotatable bonds is 4.